The SMILES string of the molecule is CCCCOC(=O)c1nc(-c2ccc(Br)c(OC)c2F)ccc1Cl. The van der Waals surface area contributed by atoms with Crippen LogP contribution in [0.4, 0.5) is 4.39 Å². The number of rotatable bonds is 6. The number of methoxy groups -OCH3 is 1. The van der Waals surface area contributed by atoms with Crippen LogP contribution in [0, 0.1) is 5.82 Å². The van der Waals surface area contributed by atoms with Gasteiger partial charge in [-0.3, -0.25) is 0 Å². The van der Waals surface area contributed by atoms with E-state index in [1.807, 2.05) is 6.92 Å². The van der Waals surface area contributed by atoms with E-state index < -0.39 is 11.8 Å². The Bertz CT molecular complexity index is 755. The fourth-order valence-electron chi connectivity index (χ4n) is 2.03. The van der Waals surface area contributed by atoms with Crippen molar-refractivity contribution in [3.63, 3.8) is 0 Å². The molecule has 0 fully saturated rings. The van der Waals surface area contributed by atoms with Crippen molar-refractivity contribution in [2.45, 2.75) is 19.8 Å². The van der Waals surface area contributed by atoms with E-state index in [4.69, 9.17) is 21.1 Å². The number of nitrogens with zero attached hydrogens (tertiary/aromatic N) is 1. The van der Waals surface area contributed by atoms with Gasteiger partial charge in [-0.1, -0.05) is 24.9 Å². The van der Waals surface area contributed by atoms with E-state index in [-0.39, 0.29) is 34.3 Å². The lowest BCUT2D eigenvalue weighted by Crippen LogP contribution is -2.10. The highest BCUT2D eigenvalue weighted by atomic mass is 79.9. The molecule has 1 aromatic carbocycles. The number of aromatic nitrogens is 1. The number of esters is 1. The number of carbonyl (C=O) groups is 1. The number of hydrogen-bond acceptors (Lipinski definition) is 4. The predicted molar refractivity (Wildman–Crippen MR) is 94.1 cm³/mol. The summed E-state index contributed by atoms with van der Waals surface area (Å²) in [4.78, 5) is 16.3. The monoisotopic (exact) mass is 415 g/mol. The van der Waals surface area contributed by atoms with Gasteiger partial charge in [0, 0.05) is 5.56 Å². The maximum atomic E-state index is 14.6. The molecule has 0 unspecified atom stereocenters. The van der Waals surface area contributed by atoms with Crippen LogP contribution in [-0.2, 0) is 4.74 Å². The summed E-state index contributed by atoms with van der Waals surface area (Å²) in [6.07, 6.45) is 1.65. The summed E-state index contributed by atoms with van der Waals surface area (Å²) in [5.41, 5.74) is 0.436. The zero-order valence-corrected chi connectivity index (χ0v) is 15.6. The van der Waals surface area contributed by atoms with Gasteiger partial charge in [-0.15, -0.1) is 0 Å². The van der Waals surface area contributed by atoms with Gasteiger partial charge in [0.25, 0.3) is 0 Å². The number of benzene rings is 1. The predicted octanol–water partition coefficient (Wildman–Crippen LogP) is 5.27. The van der Waals surface area contributed by atoms with Crippen LogP contribution in [-0.4, -0.2) is 24.7 Å². The second-order valence-corrected chi connectivity index (χ2v) is 6.22. The quantitative estimate of drug-likeness (QED) is 0.475. The van der Waals surface area contributed by atoms with Crippen LogP contribution in [0.15, 0.2) is 28.7 Å². The lowest BCUT2D eigenvalue weighted by molar-refractivity contribution is 0.0493. The molecule has 0 saturated heterocycles. The summed E-state index contributed by atoms with van der Waals surface area (Å²) in [5, 5.41) is 0.157. The summed E-state index contributed by atoms with van der Waals surface area (Å²) < 4.78 is 25.2. The molecule has 2 rings (SSSR count). The van der Waals surface area contributed by atoms with E-state index in [0.717, 1.165) is 12.8 Å². The van der Waals surface area contributed by atoms with Crippen LogP contribution < -0.4 is 4.74 Å². The molecule has 0 aliphatic carbocycles. The molecule has 0 amide bonds. The van der Waals surface area contributed by atoms with Crippen molar-refractivity contribution in [2.24, 2.45) is 0 Å². The van der Waals surface area contributed by atoms with Gasteiger partial charge in [-0.25, -0.2) is 14.2 Å². The Morgan fingerprint density at radius 1 is 1.33 bits per heavy atom. The van der Waals surface area contributed by atoms with Crippen LogP contribution in [0.1, 0.15) is 30.3 Å². The van der Waals surface area contributed by atoms with E-state index >= 15 is 0 Å². The summed E-state index contributed by atoms with van der Waals surface area (Å²) in [6, 6.07) is 6.22. The van der Waals surface area contributed by atoms with Crippen LogP contribution >= 0.6 is 27.5 Å². The first-order chi connectivity index (χ1) is 11.5. The molecule has 1 aromatic heterocycles. The summed E-state index contributed by atoms with van der Waals surface area (Å²) in [7, 11) is 1.37. The first kappa shape index (κ1) is 18.7. The molecule has 1 heterocycles. The lowest BCUT2D eigenvalue weighted by Gasteiger charge is -2.11. The zero-order valence-electron chi connectivity index (χ0n) is 13.2. The van der Waals surface area contributed by atoms with E-state index in [1.54, 1.807) is 12.1 Å². The van der Waals surface area contributed by atoms with Crippen molar-refractivity contribution in [2.75, 3.05) is 13.7 Å². The third-order valence-corrected chi connectivity index (χ3v) is 4.23. The van der Waals surface area contributed by atoms with E-state index in [2.05, 4.69) is 20.9 Å². The number of hydrogen-bond donors (Lipinski definition) is 0. The molecule has 4 nitrogen and oxygen atoms in total. The molecule has 2 aromatic rings. The van der Waals surface area contributed by atoms with Crippen LogP contribution in [0.5, 0.6) is 5.75 Å². The molecule has 0 radical (unpaired) electrons. The van der Waals surface area contributed by atoms with E-state index in [0.29, 0.717) is 4.47 Å². The number of unbranched alkanes of at least 4 members (excludes halogenated alkanes) is 1. The summed E-state index contributed by atoms with van der Waals surface area (Å²) in [6.45, 7) is 2.28. The molecule has 0 aliphatic heterocycles. The van der Waals surface area contributed by atoms with Crippen molar-refractivity contribution in [1.29, 1.82) is 0 Å². The third kappa shape index (κ3) is 4.05. The Morgan fingerprint density at radius 3 is 2.75 bits per heavy atom. The Kier molecular flexibility index (Phi) is 6.57. The zero-order chi connectivity index (χ0) is 17.7. The van der Waals surface area contributed by atoms with Gasteiger partial charge in [0.1, 0.15) is 0 Å². The number of carbonyl (C=O) groups excluding carboxylic acids is 1. The molecule has 24 heavy (non-hydrogen) atoms. The first-order valence-electron chi connectivity index (χ1n) is 7.35. The molecule has 0 atom stereocenters. The van der Waals surface area contributed by atoms with Crippen molar-refractivity contribution in [1.82, 2.24) is 4.98 Å². The highest BCUT2D eigenvalue weighted by Crippen LogP contribution is 2.35. The largest absolute Gasteiger partial charge is 0.492 e. The molecule has 0 spiro atoms. The number of halogens is 3. The topological polar surface area (TPSA) is 48.4 Å². The highest BCUT2D eigenvalue weighted by Gasteiger charge is 2.19. The minimum Gasteiger partial charge on any atom is -0.492 e. The van der Waals surface area contributed by atoms with Crippen LogP contribution in [0.3, 0.4) is 0 Å². The van der Waals surface area contributed by atoms with Gasteiger partial charge < -0.3 is 9.47 Å². The summed E-state index contributed by atoms with van der Waals surface area (Å²) in [5.74, 6) is -1.14. The fourth-order valence-corrected chi connectivity index (χ4v) is 2.68. The lowest BCUT2D eigenvalue weighted by atomic mass is 10.1. The number of ether oxygens (including phenoxy) is 2. The molecular formula is C17H16BrClFNO3. The molecular weight excluding hydrogens is 401 g/mol. The molecule has 128 valence electrons. The fraction of sp³-hybridized carbons (Fsp3) is 0.294. The van der Waals surface area contributed by atoms with Gasteiger partial charge in [0.2, 0.25) is 0 Å². The average Bonchev–Trinajstić information content (AvgIpc) is 2.56. The van der Waals surface area contributed by atoms with Crippen molar-refractivity contribution in [3.8, 4) is 17.0 Å². The van der Waals surface area contributed by atoms with Crippen molar-refractivity contribution in [3.05, 3.63) is 45.3 Å². The normalized spacial score (nSPS) is 10.5. The van der Waals surface area contributed by atoms with Crippen molar-refractivity contribution >= 4 is 33.5 Å². The van der Waals surface area contributed by atoms with E-state index in [1.165, 1.54) is 19.2 Å². The maximum absolute atomic E-state index is 14.6. The smallest absolute Gasteiger partial charge is 0.358 e. The highest BCUT2D eigenvalue weighted by molar-refractivity contribution is 9.10. The first-order valence-corrected chi connectivity index (χ1v) is 8.52. The second-order valence-electron chi connectivity index (χ2n) is 4.96. The Balaban J connectivity index is 2.40. The van der Waals surface area contributed by atoms with Gasteiger partial charge in [-0.05, 0) is 46.6 Å². The molecule has 0 aliphatic rings. The Hall–Kier alpha value is -1.66. The number of pyridine rings is 1. The second kappa shape index (κ2) is 8.44. The van der Waals surface area contributed by atoms with Gasteiger partial charge in [0.15, 0.2) is 17.3 Å². The Labute approximate surface area is 153 Å². The van der Waals surface area contributed by atoms with Gasteiger partial charge in [0.05, 0.1) is 28.9 Å². The third-order valence-electron chi connectivity index (χ3n) is 3.30. The maximum Gasteiger partial charge on any atom is 0.358 e. The van der Waals surface area contributed by atoms with Crippen LogP contribution in [0.2, 0.25) is 5.02 Å². The average molecular weight is 417 g/mol. The molecule has 0 N–H and O–H groups in total. The van der Waals surface area contributed by atoms with Crippen LogP contribution in [0.25, 0.3) is 11.3 Å². The van der Waals surface area contributed by atoms with Gasteiger partial charge in [-0.2, -0.15) is 0 Å². The molecule has 0 bridgehead atoms. The van der Waals surface area contributed by atoms with Crippen molar-refractivity contribution < 1.29 is 18.7 Å². The van der Waals surface area contributed by atoms with E-state index in [9.17, 15) is 9.18 Å². The minimum absolute atomic E-state index is 0.0356. The molecule has 0 saturated carbocycles. The summed E-state index contributed by atoms with van der Waals surface area (Å²) >= 11 is 9.24. The molecule has 7 heteroatoms. The minimum atomic E-state index is -0.625. The standard InChI is InChI=1S/C17H16BrClFNO3/c1-3-4-9-24-17(22)15-12(19)7-8-13(21-15)10-5-6-11(18)16(23-2)14(10)20/h5-8H,3-4,9H2,1-2H3. The van der Waals surface area contributed by atoms with Gasteiger partial charge >= 0.3 is 5.97 Å². The Morgan fingerprint density at radius 2 is 2.08 bits per heavy atom.